The number of hydrogen-bond donors (Lipinski definition) is 1. The van der Waals surface area contributed by atoms with E-state index in [2.05, 4.69) is 6.92 Å². The first-order valence-corrected chi connectivity index (χ1v) is 3.63. The third kappa shape index (κ3) is 5.56. The van der Waals surface area contributed by atoms with Crippen LogP contribution < -0.4 is 5.73 Å². The van der Waals surface area contributed by atoms with Crippen LogP contribution in [0.15, 0.2) is 0 Å². The summed E-state index contributed by atoms with van der Waals surface area (Å²) < 4.78 is 0. The Morgan fingerprint density at radius 1 is 1.60 bits per heavy atom. The van der Waals surface area contributed by atoms with Crippen molar-refractivity contribution in [3.8, 4) is 0 Å². The lowest BCUT2D eigenvalue weighted by Gasteiger charge is -2.12. The van der Waals surface area contributed by atoms with Gasteiger partial charge in [-0.3, -0.25) is 9.69 Å². The standard InChI is InChI=1S/C7H16N2O/c1-3-4-5-9(2)6-7(8)10/h3-6H2,1-2H3,(H2,8,10). The molecule has 0 aliphatic heterocycles. The Labute approximate surface area is 62.2 Å². The molecule has 0 saturated carbocycles. The molecule has 0 bridgehead atoms. The molecular weight excluding hydrogens is 128 g/mol. The molecule has 0 saturated heterocycles. The number of amides is 1. The fourth-order valence-electron chi connectivity index (χ4n) is 0.773. The fraction of sp³-hybridized carbons (Fsp3) is 0.857. The summed E-state index contributed by atoms with van der Waals surface area (Å²) in [4.78, 5) is 12.3. The molecule has 0 spiro atoms. The van der Waals surface area contributed by atoms with Gasteiger partial charge in [-0.05, 0) is 20.0 Å². The molecule has 10 heavy (non-hydrogen) atoms. The number of rotatable bonds is 5. The van der Waals surface area contributed by atoms with Gasteiger partial charge < -0.3 is 5.73 Å². The first-order valence-electron chi connectivity index (χ1n) is 3.63. The molecule has 1 amide bonds. The van der Waals surface area contributed by atoms with Gasteiger partial charge in [0, 0.05) is 0 Å². The molecule has 0 aliphatic rings. The van der Waals surface area contributed by atoms with E-state index in [0.29, 0.717) is 6.54 Å². The van der Waals surface area contributed by atoms with Gasteiger partial charge in [-0.25, -0.2) is 0 Å². The molecule has 2 N–H and O–H groups in total. The number of nitrogens with zero attached hydrogens (tertiary/aromatic N) is 1. The van der Waals surface area contributed by atoms with Gasteiger partial charge in [0.05, 0.1) is 6.54 Å². The Morgan fingerprint density at radius 3 is 2.60 bits per heavy atom. The van der Waals surface area contributed by atoms with Crippen molar-refractivity contribution in [1.29, 1.82) is 0 Å². The second-order valence-corrected chi connectivity index (χ2v) is 2.56. The maximum absolute atomic E-state index is 10.4. The van der Waals surface area contributed by atoms with Crippen LogP contribution in [0.4, 0.5) is 0 Å². The second kappa shape index (κ2) is 5.23. The van der Waals surface area contributed by atoms with Gasteiger partial charge in [-0.15, -0.1) is 0 Å². The van der Waals surface area contributed by atoms with Gasteiger partial charge in [0.2, 0.25) is 5.91 Å². The maximum Gasteiger partial charge on any atom is 0.231 e. The highest BCUT2D eigenvalue weighted by Gasteiger charge is 1.99. The minimum Gasteiger partial charge on any atom is -0.369 e. The normalized spacial score (nSPS) is 10.3. The Balaban J connectivity index is 3.25. The van der Waals surface area contributed by atoms with Crippen molar-refractivity contribution in [2.45, 2.75) is 19.8 Å². The molecule has 60 valence electrons. The molecule has 0 aromatic heterocycles. The number of unbranched alkanes of at least 4 members (excludes halogenated alkanes) is 1. The van der Waals surface area contributed by atoms with Crippen LogP contribution in [0.3, 0.4) is 0 Å². The number of likely N-dealkylation sites (N-methyl/N-ethyl adjacent to an activating group) is 1. The summed E-state index contributed by atoms with van der Waals surface area (Å²) >= 11 is 0. The average molecular weight is 144 g/mol. The Hall–Kier alpha value is -0.570. The Morgan fingerprint density at radius 2 is 2.20 bits per heavy atom. The largest absolute Gasteiger partial charge is 0.369 e. The SMILES string of the molecule is CCCCN(C)CC(N)=O. The van der Waals surface area contributed by atoms with E-state index < -0.39 is 0 Å². The van der Waals surface area contributed by atoms with Gasteiger partial charge in [0.1, 0.15) is 0 Å². The minimum absolute atomic E-state index is 0.251. The smallest absolute Gasteiger partial charge is 0.231 e. The lowest BCUT2D eigenvalue weighted by molar-refractivity contribution is -0.118. The van der Waals surface area contributed by atoms with Crippen molar-refractivity contribution in [1.82, 2.24) is 4.90 Å². The lowest BCUT2D eigenvalue weighted by Crippen LogP contribution is -2.31. The van der Waals surface area contributed by atoms with E-state index in [1.54, 1.807) is 0 Å². The lowest BCUT2D eigenvalue weighted by atomic mass is 10.3. The van der Waals surface area contributed by atoms with Crippen molar-refractivity contribution in [3.05, 3.63) is 0 Å². The number of carbonyl (C=O) groups excluding carboxylic acids is 1. The summed E-state index contributed by atoms with van der Waals surface area (Å²) in [6, 6.07) is 0. The number of carbonyl (C=O) groups is 1. The molecule has 0 fully saturated rings. The molecule has 3 heteroatoms. The fourth-order valence-corrected chi connectivity index (χ4v) is 0.773. The summed E-state index contributed by atoms with van der Waals surface area (Å²) in [6.07, 6.45) is 2.28. The summed E-state index contributed by atoms with van der Waals surface area (Å²) in [5, 5.41) is 0. The molecule has 0 radical (unpaired) electrons. The zero-order valence-corrected chi connectivity index (χ0v) is 6.76. The highest BCUT2D eigenvalue weighted by atomic mass is 16.1. The van der Waals surface area contributed by atoms with Gasteiger partial charge in [-0.2, -0.15) is 0 Å². The van der Waals surface area contributed by atoms with E-state index in [1.165, 1.54) is 0 Å². The van der Waals surface area contributed by atoms with Crippen molar-refractivity contribution in [2.75, 3.05) is 20.1 Å². The van der Waals surface area contributed by atoms with Crippen molar-refractivity contribution in [3.63, 3.8) is 0 Å². The number of primary amides is 1. The third-order valence-corrected chi connectivity index (χ3v) is 1.32. The van der Waals surface area contributed by atoms with Crippen LogP contribution in [0.1, 0.15) is 19.8 Å². The molecule has 0 rings (SSSR count). The predicted octanol–water partition coefficient (Wildman–Crippen LogP) is 0.204. The summed E-state index contributed by atoms with van der Waals surface area (Å²) in [6.45, 7) is 3.46. The van der Waals surface area contributed by atoms with Crippen LogP contribution in [0.25, 0.3) is 0 Å². The van der Waals surface area contributed by atoms with Gasteiger partial charge in [0.25, 0.3) is 0 Å². The maximum atomic E-state index is 10.4. The van der Waals surface area contributed by atoms with Crippen LogP contribution in [0.2, 0.25) is 0 Å². The van der Waals surface area contributed by atoms with Crippen LogP contribution in [0.5, 0.6) is 0 Å². The molecule has 0 aromatic carbocycles. The van der Waals surface area contributed by atoms with E-state index in [1.807, 2.05) is 11.9 Å². The third-order valence-electron chi connectivity index (χ3n) is 1.32. The van der Waals surface area contributed by atoms with E-state index in [4.69, 9.17) is 5.73 Å². The molecule has 0 atom stereocenters. The summed E-state index contributed by atoms with van der Waals surface area (Å²) in [7, 11) is 1.90. The zero-order chi connectivity index (χ0) is 7.98. The van der Waals surface area contributed by atoms with Gasteiger partial charge in [0.15, 0.2) is 0 Å². The predicted molar refractivity (Wildman–Crippen MR) is 41.6 cm³/mol. The van der Waals surface area contributed by atoms with Crippen molar-refractivity contribution < 1.29 is 4.79 Å². The zero-order valence-electron chi connectivity index (χ0n) is 6.76. The first kappa shape index (κ1) is 9.43. The van der Waals surface area contributed by atoms with Crippen molar-refractivity contribution >= 4 is 5.91 Å². The molecule has 0 heterocycles. The average Bonchev–Trinajstić information content (AvgIpc) is 1.82. The summed E-state index contributed by atoms with van der Waals surface area (Å²) in [5.74, 6) is -0.251. The van der Waals surface area contributed by atoms with Crippen LogP contribution in [-0.4, -0.2) is 30.9 Å². The highest BCUT2D eigenvalue weighted by Crippen LogP contribution is 1.89. The Kier molecular flexibility index (Phi) is 4.94. The van der Waals surface area contributed by atoms with Crippen molar-refractivity contribution in [2.24, 2.45) is 5.73 Å². The topological polar surface area (TPSA) is 46.3 Å². The monoisotopic (exact) mass is 144 g/mol. The van der Waals surface area contributed by atoms with Crippen LogP contribution in [-0.2, 0) is 4.79 Å². The van der Waals surface area contributed by atoms with Gasteiger partial charge >= 0.3 is 0 Å². The number of hydrogen-bond acceptors (Lipinski definition) is 2. The Bertz CT molecular complexity index is 104. The second-order valence-electron chi connectivity index (χ2n) is 2.56. The quantitative estimate of drug-likeness (QED) is 0.599. The molecule has 0 aromatic rings. The molecule has 0 aliphatic carbocycles. The van der Waals surface area contributed by atoms with Crippen LogP contribution in [0, 0.1) is 0 Å². The summed E-state index contributed by atoms with van der Waals surface area (Å²) in [5.41, 5.74) is 4.98. The van der Waals surface area contributed by atoms with Gasteiger partial charge in [-0.1, -0.05) is 13.3 Å². The molecule has 3 nitrogen and oxygen atoms in total. The van der Waals surface area contributed by atoms with E-state index in [0.717, 1.165) is 19.4 Å². The molecule has 0 unspecified atom stereocenters. The minimum atomic E-state index is -0.251. The van der Waals surface area contributed by atoms with Crippen LogP contribution >= 0.6 is 0 Å². The highest BCUT2D eigenvalue weighted by molar-refractivity contribution is 5.75. The van der Waals surface area contributed by atoms with E-state index in [-0.39, 0.29) is 5.91 Å². The number of nitrogens with two attached hydrogens (primary N) is 1. The first-order chi connectivity index (χ1) is 4.66. The molecular formula is C7H16N2O. The van der Waals surface area contributed by atoms with E-state index >= 15 is 0 Å². The van der Waals surface area contributed by atoms with E-state index in [9.17, 15) is 4.79 Å².